The van der Waals surface area contributed by atoms with Gasteiger partial charge in [-0.3, -0.25) is 4.79 Å². The Hall–Kier alpha value is -0.630. The van der Waals surface area contributed by atoms with Crippen LogP contribution in [0.3, 0.4) is 0 Å². The molecular formula is C11H14BrClN2O3S. The van der Waals surface area contributed by atoms with Crippen LogP contribution in [0.25, 0.3) is 0 Å². The Morgan fingerprint density at radius 2 is 2.00 bits per heavy atom. The van der Waals surface area contributed by atoms with Crippen molar-refractivity contribution in [3.8, 4) is 0 Å². The largest absolute Gasteiger partial charge is 0.325 e. The van der Waals surface area contributed by atoms with Gasteiger partial charge in [-0.05, 0) is 25.1 Å². The van der Waals surface area contributed by atoms with Crippen molar-refractivity contribution in [3.63, 3.8) is 0 Å². The molecule has 0 aliphatic carbocycles. The maximum atomic E-state index is 12.0. The fraction of sp³-hybridized carbons (Fsp3) is 0.364. The second kappa shape index (κ2) is 6.21. The molecule has 0 spiro atoms. The molecule has 1 rings (SSSR count). The van der Waals surface area contributed by atoms with Gasteiger partial charge in [0.1, 0.15) is 4.90 Å². The van der Waals surface area contributed by atoms with Gasteiger partial charge in [-0.25, -0.2) is 12.7 Å². The lowest BCUT2D eigenvalue weighted by molar-refractivity contribution is -0.115. The number of anilines is 1. The van der Waals surface area contributed by atoms with E-state index < -0.39 is 10.0 Å². The number of alkyl halides is 1. The third-order valence-electron chi connectivity index (χ3n) is 2.32. The molecule has 0 heterocycles. The molecule has 0 radical (unpaired) electrons. The third-order valence-corrected chi connectivity index (χ3v) is 5.03. The Bertz CT molecular complexity index is 588. The van der Waals surface area contributed by atoms with Crippen LogP contribution in [0.5, 0.6) is 0 Å². The molecule has 0 fully saturated rings. The quantitative estimate of drug-likeness (QED) is 0.828. The molecule has 0 aliphatic rings. The predicted octanol–water partition coefficient (Wildman–Crippen LogP) is 2.31. The minimum absolute atomic E-state index is 0.0424. The fourth-order valence-electron chi connectivity index (χ4n) is 1.22. The Morgan fingerprint density at radius 1 is 1.42 bits per heavy atom. The summed E-state index contributed by atoms with van der Waals surface area (Å²) in [6, 6.07) is 4.32. The van der Waals surface area contributed by atoms with Gasteiger partial charge in [0.05, 0.1) is 9.85 Å². The first-order valence-corrected chi connectivity index (χ1v) is 8.06. The van der Waals surface area contributed by atoms with Crippen molar-refractivity contribution in [3.05, 3.63) is 23.2 Å². The Kier molecular flexibility index (Phi) is 5.37. The molecule has 0 bridgehead atoms. The van der Waals surface area contributed by atoms with Crippen molar-refractivity contribution >= 4 is 49.1 Å². The molecule has 106 valence electrons. The van der Waals surface area contributed by atoms with Crippen LogP contribution in [0, 0.1) is 0 Å². The lowest BCUT2D eigenvalue weighted by Crippen LogP contribution is -2.23. The van der Waals surface area contributed by atoms with E-state index >= 15 is 0 Å². The van der Waals surface area contributed by atoms with E-state index in [-0.39, 0.29) is 20.7 Å². The van der Waals surface area contributed by atoms with Crippen LogP contribution in [0.15, 0.2) is 23.1 Å². The average molecular weight is 370 g/mol. The summed E-state index contributed by atoms with van der Waals surface area (Å²) < 4.78 is 25.2. The molecule has 1 aromatic carbocycles. The average Bonchev–Trinajstić information content (AvgIpc) is 2.30. The summed E-state index contributed by atoms with van der Waals surface area (Å²) in [7, 11) is -0.819. The highest BCUT2D eigenvalue weighted by Crippen LogP contribution is 2.27. The van der Waals surface area contributed by atoms with E-state index in [2.05, 4.69) is 21.2 Å². The maximum Gasteiger partial charge on any atom is 0.244 e. The Labute approximate surface area is 126 Å². The normalized spacial score (nSPS) is 13.4. The maximum absolute atomic E-state index is 12.0. The van der Waals surface area contributed by atoms with Crippen molar-refractivity contribution in [1.82, 2.24) is 4.31 Å². The summed E-state index contributed by atoms with van der Waals surface area (Å²) in [5, 5.41) is 2.70. The SMILES string of the molecule is CC(Br)C(=O)Nc1ccc(Cl)c(S(=O)(=O)N(C)C)c1. The molecule has 1 amide bonds. The standard InChI is InChI=1S/C11H14BrClN2O3S/c1-7(12)11(16)14-8-4-5-9(13)10(6-8)19(17,18)15(2)3/h4-7H,1-3H3,(H,14,16). The molecule has 0 aliphatic heterocycles. The number of benzene rings is 1. The minimum Gasteiger partial charge on any atom is -0.325 e. The molecule has 1 unspecified atom stereocenters. The molecule has 1 N–H and O–H groups in total. The zero-order chi connectivity index (χ0) is 14.8. The first-order valence-electron chi connectivity index (χ1n) is 5.33. The van der Waals surface area contributed by atoms with Crippen molar-refractivity contribution in [2.24, 2.45) is 0 Å². The zero-order valence-electron chi connectivity index (χ0n) is 10.6. The first kappa shape index (κ1) is 16.4. The van der Waals surface area contributed by atoms with E-state index in [9.17, 15) is 13.2 Å². The van der Waals surface area contributed by atoms with E-state index in [1.165, 1.54) is 26.2 Å². The fourth-order valence-corrected chi connectivity index (χ4v) is 2.73. The van der Waals surface area contributed by atoms with E-state index in [1.807, 2.05) is 0 Å². The monoisotopic (exact) mass is 368 g/mol. The highest BCUT2D eigenvalue weighted by atomic mass is 79.9. The molecule has 1 atom stereocenters. The highest BCUT2D eigenvalue weighted by molar-refractivity contribution is 9.10. The van der Waals surface area contributed by atoms with Crippen molar-refractivity contribution in [2.45, 2.75) is 16.6 Å². The van der Waals surface area contributed by atoms with E-state index in [0.717, 1.165) is 4.31 Å². The summed E-state index contributed by atoms with van der Waals surface area (Å²) in [4.78, 5) is 11.1. The number of nitrogens with zero attached hydrogens (tertiary/aromatic N) is 1. The van der Waals surface area contributed by atoms with E-state index in [0.29, 0.717) is 5.69 Å². The molecule has 5 nitrogen and oxygen atoms in total. The van der Waals surface area contributed by atoms with Crippen LogP contribution >= 0.6 is 27.5 Å². The smallest absolute Gasteiger partial charge is 0.244 e. The van der Waals surface area contributed by atoms with Gasteiger partial charge in [-0.1, -0.05) is 27.5 Å². The van der Waals surface area contributed by atoms with Gasteiger partial charge in [0.2, 0.25) is 15.9 Å². The first-order chi connectivity index (χ1) is 8.66. The summed E-state index contributed by atoms with van der Waals surface area (Å²) in [6.45, 7) is 1.67. The van der Waals surface area contributed by atoms with Gasteiger partial charge in [0.25, 0.3) is 0 Å². The van der Waals surface area contributed by atoms with Crippen molar-refractivity contribution in [2.75, 3.05) is 19.4 Å². The van der Waals surface area contributed by atoms with Crippen molar-refractivity contribution < 1.29 is 13.2 Å². The van der Waals surface area contributed by atoms with Crippen LogP contribution < -0.4 is 5.32 Å². The number of halogens is 2. The van der Waals surface area contributed by atoms with E-state index in [4.69, 9.17) is 11.6 Å². The Balaban J connectivity index is 3.19. The number of rotatable bonds is 4. The zero-order valence-corrected chi connectivity index (χ0v) is 13.8. The second-order valence-corrected chi connectivity index (χ2v) is 7.94. The number of amides is 1. The minimum atomic E-state index is -3.65. The molecular weight excluding hydrogens is 356 g/mol. The molecule has 8 heteroatoms. The number of hydrogen-bond acceptors (Lipinski definition) is 3. The number of nitrogens with one attached hydrogen (secondary N) is 1. The van der Waals surface area contributed by atoms with Gasteiger partial charge >= 0.3 is 0 Å². The summed E-state index contributed by atoms with van der Waals surface area (Å²) in [6.07, 6.45) is 0. The van der Waals surface area contributed by atoms with E-state index in [1.54, 1.807) is 13.0 Å². The topological polar surface area (TPSA) is 66.5 Å². The number of carbonyl (C=O) groups excluding carboxylic acids is 1. The van der Waals surface area contributed by atoms with Crippen LogP contribution in [-0.2, 0) is 14.8 Å². The van der Waals surface area contributed by atoms with Crippen LogP contribution in [0.2, 0.25) is 5.02 Å². The number of hydrogen-bond donors (Lipinski definition) is 1. The van der Waals surface area contributed by atoms with Crippen molar-refractivity contribution in [1.29, 1.82) is 0 Å². The van der Waals surface area contributed by atoms with Gasteiger partial charge in [-0.2, -0.15) is 0 Å². The molecule has 19 heavy (non-hydrogen) atoms. The number of carbonyl (C=O) groups is 1. The molecule has 0 aromatic heterocycles. The lowest BCUT2D eigenvalue weighted by atomic mass is 10.3. The summed E-state index contributed by atoms with van der Waals surface area (Å²) in [5.74, 6) is -0.268. The van der Waals surface area contributed by atoms with Gasteiger partial charge in [0.15, 0.2) is 0 Å². The third kappa shape index (κ3) is 3.92. The molecule has 0 saturated heterocycles. The molecule has 1 aromatic rings. The Morgan fingerprint density at radius 3 is 2.47 bits per heavy atom. The van der Waals surface area contributed by atoms with Crippen LogP contribution in [0.1, 0.15) is 6.92 Å². The lowest BCUT2D eigenvalue weighted by Gasteiger charge is -2.14. The van der Waals surface area contributed by atoms with Gasteiger partial charge < -0.3 is 5.32 Å². The van der Waals surface area contributed by atoms with Crippen LogP contribution in [0.4, 0.5) is 5.69 Å². The number of sulfonamides is 1. The van der Waals surface area contributed by atoms with Gasteiger partial charge in [0, 0.05) is 19.8 Å². The van der Waals surface area contributed by atoms with Gasteiger partial charge in [-0.15, -0.1) is 0 Å². The predicted molar refractivity (Wildman–Crippen MR) is 79.3 cm³/mol. The summed E-state index contributed by atoms with van der Waals surface area (Å²) >= 11 is 9.02. The second-order valence-electron chi connectivity index (χ2n) is 4.04. The van der Waals surface area contributed by atoms with Crippen LogP contribution in [-0.4, -0.2) is 37.6 Å². The molecule has 0 saturated carbocycles. The highest BCUT2D eigenvalue weighted by Gasteiger charge is 2.21. The summed E-state index contributed by atoms with van der Waals surface area (Å²) in [5.41, 5.74) is 0.376.